The summed E-state index contributed by atoms with van der Waals surface area (Å²) in [6.07, 6.45) is 0.864. The highest BCUT2D eigenvalue weighted by Crippen LogP contribution is 2.06. The second kappa shape index (κ2) is 13.3. The smallest absolute Gasteiger partial charge is 0.328 e. The molecule has 0 saturated heterocycles. The maximum Gasteiger partial charge on any atom is 0.328 e. The Kier molecular flexibility index (Phi) is 11.1. The van der Waals surface area contributed by atoms with Crippen LogP contribution in [0.25, 0.3) is 0 Å². The van der Waals surface area contributed by atoms with Gasteiger partial charge in [-0.2, -0.15) is 0 Å². The van der Waals surface area contributed by atoms with Crippen LogP contribution >= 0.6 is 0 Å². The molecule has 1 aromatic rings. The van der Waals surface area contributed by atoms with E-state index in [4.69, 9.17) is 11.5 Å². The van der Waals surface area contributed by atoms with Gasteiger partial charge in [-0.1, -0.05) is 13.8 Å². The average molecular weight is 484 g/mol. The number of aliphatic hydroxyl groups excluding tert-OH is 1. The van der Waals surface area contributed by atoms with E-state index in [9.17, 15) is 34.2 Å². The van der Waals surface area contributed by atoms with Crippen molar-refractivity contribution < 1.29 is 34.2 Å². The van der Waals surface area contributed by atoms with Crippen molar-refractivity contribution in [2.75, 3.05) is 0 Å². The number of primary amides is 1. The van der Waals surface area contributed by atoms with Gasteiger partial charge >= 0.3 is 5.97 Å². The number of carboxylic acid groups (broad SMARTS) is 1. The number of carbonyl (C=O) groups excluding carboxylic acids is 4. The number of imidazole rings is 1. The van der Waals surface area contributed by atoms with Crippen LogP contribution in [0.3, 0.4) is 0 Å². The zero-order valence-electron chi connectivity index (χ0n) is 19.3. The SMILES string of the molecule is CC(C)C(N)C(=O)NC(CCC(N)=O)C(=O)NC(Cc1cnc[nH]1)C(=O)NC(C(=O)O)C(C)O. The molecule has 4 amide bonds. The molecule has 5 unspecified atom stereocenters. The van der Waals surface area contributed by atoms with Gasteiger partial charge in [0.05, 0.1) is 18.5 Å². The van der Waals surface area contributed by atoms with E-state index in [2.05, 4.69) is 25.9 Å². The molecule has 0 fully saturated rings. The molecule has 0 aromatic carbocycles. The van der Waals surface area contributed by atoms with Crippen LogP contribution in [0, 0.1) is 5.92 Å². The van der Waals surface area contributed by atoms with Gasteiger partial charge in [0.2, 0.25) is 23.6 Å². The molecule has 0 aliphatic heterocycles. The molecule has 14 heteroatoms. The van der Waals surface area contributed by atoms with Gasteiger partial charge in [-0.05, 0) is 19.3 Å². The minimum absolute atomic E-state index is 0.105. The first-order valence-corrected chi connectivity index (χ1v) is 10.7. The Bertz CT molecular complexity index is 857. The Labute approximate surface area is 196 Å². The molecule has 1 aromatic heterocycles. The van der Waals surface area contributed by atoms with Crippen molar-refractivity contribution in [1.29, 1.82) is 0 Å². The molecule has 14 nitrogen and oxygen atoms in total. The van der Waals surface area contributed by atoms with Crippen LogP contribution in [0.5, 0.6) is 0 Å². The van der Waals surface area contributed by atoms with E-state index in [0.717, 1.165) is 0 Å². The minimum atomic E-state index is -1.62. The number of aliphatic carboxylic acids is 1. The predicted octanol–water partition coefficient (Wildman–Crippen LogP) is -2.88. The van der Waals surface area contributed by atoms with E-state index in [1.165, 1.54) is 19.4 Å². The van der Waals surface area contributed by atoms with Gasteiger partial charge in [-0.3, -0.25) is 19.2 Å². The Morgan fingerprint density at radius 2 is 1.62 bits per heavy atom. The topological polar surface area (TPSA) is 243 Å². The summed E-state index contributed by atoms with van der Waals surface area (Å²) >= 11 is 0. The lowest BCUT2D eigenvalue weighted by atomic mass is 10.0. The molecule has 0 bridgehead atoms. The van der Waals surface area contributed by atoms with E-state index in [-0.39, 0.29) is 25.2 Å². The summed E-state index contributed by atoms with van der Waals surface area (Å²) < 4.78 is 0. The van der Waals surface area contributed by atoms with Gasteiger partial charge in [0, 0.05) is 24.7 Å². The summed E-state index contributed by atoms with van der Waals surface area (Å²) in [5, 5.41) is 26.0. The Morgan fingerprint density at radius 1 is 1.03 bits per heavy atom. The number of hydrogen-bond acceptors (Lipinski definition) is 8. The number of H-pyrrole nitrogens is 1. The highest BCUT2D eigenvalue weighted by molar-refractivity contribution is 5.94. The van der Waals surface area contributed by atoms with Crippen molar-refractivity contribution in [2.24, 2.45) is 17.4 Å². The van der Waals surface area contributed by atoms with Gasteiger partial charge in [-0.25, -0.2) is 9.78 Å². The van der Waals surface area contributed by atoms with Crippen molar-refractivity contribution in [3.63, 3.8) is 0 Å². The number of hydrogen-bond donors (Lipinski definition) is 8. The van der Waals surface area contributed by atoms with Gasteiger partial charge in [-0.15, -0.1) is 0 Å². The lowest BCUT2D eigenvalue weighted by Gasteiger charge is -2.26. The van der Waals surface area contributed by atoms with Crippen LogP contribution < -0.4 is 27.4 Å². The molecule has 34 heavy (non-hydrogen) atoms. The monoisotopic (exact) mass is 483 g/mol. The summed E-state index contributed by atoms with van der Waals surface area (Å²) in [4.78, 5) is 67.4. The van der Waals surface area contributed by atoms with Crippen LogP contribution in [-0.4, -0.2) is 80.1 Å². The first-order chi connectivity index (χ1) is 15.8. The van der Waals surface area contributed by atoms with Gasteiger partial charge in [0.15, 0.2) is 6.04 Å². The molecular weight excluding hydrogens is 450 g/mol. The quantitative estimate of drug-likeness (QED) is 0.135. The summed E-state index contributed by atoms with van der Waals surface area (Å²) in [7, 11) is 0. The van der Waals surface area contributed by atoms with Crippen molar-refractivity contribution in [3.8, 4) is 0 Å². The lowest BCUT2D eigenvalue weighted by Crippen LogP contribution is -2.59. The number of nitrogens with one attached hydrogen (secondary N) is 4. The Hall–Kier alpha value is -3.52. The number of amides is 4. The standard InChI is InChI=1S/C20H33N7O7/c1-9(2)15(22)19(32)25-12(4-5-14(21)29)17(30)26-13(6-11-7-23-8-24-11)18(31)27-16(10(3)28)20(33)34/h7-10,12-13,15-16,28H,4-6,22H2,1-3H3,(H2,21,29)(H,23,24)(H,25,32)(H,26,30)(H,27,31)(H,33,34). The summed E-state index contributed by atoms with van der Waals surface area (Å²) in [6.45, 7) is 4.62. The van der Waals surface area contributed by atoms with Gasteiger partial charge in [0.25, 0.3) is 0 Å². The predicted molar refractivity (Wildman–Crippen MR) is 119 cm³/mol. The number of rotatable bonds is 14. The number of nitrogens with zero attached hydrogens (tertiary/aromatic N) is 1. The van der Waals surface area contributed by atoms with Crippen molar-refractivity contribution >= 4 is 29.6 Å². The van der Waals surface area contributed by atoms with Crippen LogP contribution in [-0.2, 0) is 30.4 Å². The van der Waals surface area contributed by atoms with Gasteiger partial charge < -0.3 is 42.6 Å². The second-order valence-electron chi connectivity index (χ2n) is 8.24. The third-order valence-corrected chi connectivity index (χ3v) is 4.99. The number of aliphatic hydroxyl groups is 1. The third-order valence-electron chi connectivity index (χ3n) is 4.99. The fourth-order valence-electron chi connectivity index (χ4n) is 2.87. The van der Waals surface area contributed by atoms with Crippen molar-refractivity contribution in [3.05, 3.63) is 18.2 Å². The highest BCUT2D eigenvalue weighted by atomic mass is 16.4. The van der Waals surface area contributed by atoms with Crippen LogP contribution in [0.15, 0.2) is 12.5 Å². The van der Waals surface area contributed by atoms with Crippen molar-refractivity contribution in [1.82, 2.24) is 25.9 Å². The first kappa shape index (κ1) is 28.5. The zero-order valence-corrected chi connectivity index (χ0v) is 19.3. The largest absolute Gasteiger partial charge is 0.480 e. The second-order valence-corrected chi connectivity index (χ2v) is 8.24. The third kappa shape index (κ3) is 9.15. The molecule has 0 aliphatic rings. The normalized spacial score (nSPS) is 15.5. The molecule has 190 valence electrons. The fourth-order valence-corrected chi connectivity index (χ4v) is 2.87. The molecule has 5 atom stereocenters. The fraction of sp³-hybridized carbons (Fsp3) is 0.600. The molecule has 0 saturated carbocycles. The van der Waals surface area contributed by atoms with E-state index < -0.39 is 59.9 Å². The van der Waals surface area contributed by atoms with E-state index >= 15 is 0 Å². The highest BCUT2D eigenvalue weighted by Gasteiger charge is 2.32. The van der Waals surface area contributed by atoms with E-state index in [0.29, 0.717) is 5.69 Å². The lowest BCUT2D eigenvalue weighted by molar-refractivity contribution is -0.145. The van der Waals surface area contributed by atoms with Gasteiger partial charge in [0.1, 0.15) is 12.1 Å². The summed E-state index contributed by atoms with van der Waals surface area (Å²) in [5.74, 6) is -4.73. The molecule has 0 radical (unpaired) electrons. The number of carbonyl (C=O) groups is 5. The molecule has 10 N–H and O–H groups in total. The average Bonchev–Trinajstić information content (AvgIpc) is 3.25. The Morgan fingerprint density at radius 3 is 2.09 bits per heavy atom. The van der Waals surface area contributed by atoms with Crippen LogP contribution in [0.2, 0.25) is 0 Å². The van der Waals surface area contributed by atoms with Crippen LogP contribution in [0.1, 0.15) is 39.3 Å². The Balaban J connectivity index is 3.10. The number of aromatic amines is 1. The molecule has 1 rings (SSSR count). The zero-order chi connectivity index (χ0) is 26.0. The first-order valence-electron chi connectivity index (χ1n) is 10.7. The van der Waals surface area contributed by atoms with E-state index in [1.807, 2.05) is 0 Å². The molecule has 1 heterocycles. The maximum atomic E-state index is 13.0. The minimum Gasteiger partial charge on any atom is -0.480 e. The summed E-state index contributed by atoms with van der Waals surface area (Å²) in [6, 6.07) is -5.09. The molecular formula is C20H33N7O7. The number of carboxylic acids is 1. The number of nitrogens with two attached hydrogens (primary N) is 2. The van der Waals surface area contributed by atoms with Crippen molar-refractivity contribution in [2.45, 2.75) is 70.3 Å². The number of aromatic nitrogens is 2. The van der Waals surface area contributed by atoms with Crippen LogP contribution in [0.4, 0.5) is 0 Å². The summed E-state index contributed by atoms with van der Waals surface area (Å²) in [5.41, 5.74) is 11.4. The molecule has 0 aliphatic carbocycles. The maximum absolute atomic E-state index is 13.0. The molecule has 0 spiro atoms. The van der Waals surface area contributed by atoms with E-state index in [1.54, 1.807) is 13.8 Å².